The van der Waals surface area contributed by atoms with Gasteiger partial charge in [-0.05, 0) is 12.8 Å². The summed E-state index contributed by atoms with van der Waals surface area (Å²) in [5, 5.41) is 0. The summed E-state index contributed by atoms with van der Waals surface area (Å²) in [6, 6.07) is 0. The molecule has 0 spiro atoms. The molecule has 1 fully saturated rings. The van der Waals surface area contributed by atoms with Crippen LogP contribution in [0.1, 0.15) is 40.5 Å². The number of carbonyl (C=O) groups excluding carboxylic acids is 4. The van der Waals surface area contributed by atoms with E-state index in [0.717, 1.165) is 0 Å². The Morgan fingerprint density at radius 3 is 1.05 bits per heavy atom. The number of hydrogen-bond donors (Lipinski definition) is 0. The monoisotopic (exact) mass is 574 g/mol. The summed E-state index contributed by atoms with van der Waals surface area (Å²) in [6.45, 7) is 11.4. The smallest absolute Gasteiger partial charge is 0.308 e. The molecule has 1 aliphatic heterocycles. The summed E-state index contributed by atoms with van der Waals surface area (Å²) >= 11 is 0. The minimum Gasteiger partial charge on any atom is -0.469 e. The van der Waals surface area contributed by atoms with Crippen molar-refractivity contribution in [1.29, 1.82) is 0 Å². The zero-order valence-corrected chi connectivity index (χ0v) is 25.2. The van der Waals surface area contributed by atoms with Crippen LogP contribution >= 0.6 is 0 Å². The second-order valence-electron chi connectivity index (χ2n) is 10.2. The molecule has 0 saturated carbocycles. The molecule has 2 amide bonds. The van der Waals surface area contributed by atoms with Crippen molar-refractivity contribution in [3.05, 3.63) is 0 Å². The number of ether oxygens (including phenoxy) is 6. The number of nitrogens with zero attached hydrogens (tertiary/aromatic N) is 2. The fourth-order valence-electron chi connectivity index (χ4n) is 4.49. The normalized spacial score (nSPS) is 20.2. The van der Waals surface area contributed by atoms with Gasteiger partial charge >= 0.3 is 11.9 Å². The van der Waals surface area contributed by atoms with Crippen molar-refractivity contribution in [3.8, 4) is 0 Å². The number of hydrogen-bond acceptors (Lipinski definition) is 10. The number of esters is 2. The van der Waals surface area contributed by atoms with Crippen molar-refractivity contribution >= 4 is 23.8 Å². The van der Waals surface area contributed by atoms with E-state index in [1.54, 1.807) is 23.6 Å². The van der Waals surface area contributed by atoms with Crippen LogP contribution in [-0.4, -0.2) is 127 Å². The van der Waals surface area contributed by atoms with E-state index >= 15 is 0 Å². The third kappa shape index (κ3) is 13.9. The van der Waals surface area contributed by atoms with E-state index in [4.69, 9.17) is 28.4 Å². The molecule has 4 unspecified atom stereocenters. The largest absolute Gasteiger partial charge is 0.469 e. The zero-order chi connectivity index (χ0) is 29.9. The van der Waals surface area contributed by atoms with Crippen LogP contribution in [0.5, 0.6) is 0 Å². The number of carbonyl (C=O) groups is 4. The van der Waals surface area contributed by atoms with Crippen LogP contribution in [0.2, 0.25) is 0 Å². The lowest BCUT2D eigenvalue weighted by Gasteiger charge is -2.27. The van der Waals surface area contributed by atoms with E-state index in [1.165, 1.54) is 14.2 Å². The Labute approximate surface area is 238 Å². The van der Waals surface area contributed by atoms with Gasteiger partial charge in [-0.15, -0.1) is 0 Å². The first-order chi connectivity index (χ1) is 19.1. The Kier molecular flexibility index (Phi) is 18.4. The van der Waals surface area contributed by atoms with E-state index in [2.05, 4.69) is 0 Å². The van der Waals surface area contributed by atoms with E-state index in [-0.39, 0.29) is 47.4 Å². The lowest BCUT2D eigenvalue weighted by molar-refractivity contribution is -0.147. The summed E-state index contributed by atoms with van der Waals surface area (Å²) in [4.78, 5) is 53.1. The van der Waals surface area contributed by atoms with Gasteiger partial charge in [-0.25, -0.2) is 0 Å². The minimum atomic E-state index is -0.371. The SMILES string of the molecule is COC(=O)C(C)CC(C)C(=O)N1CCOCCOCCN(C(=O)C(C)CC(C)C(=O)OC)CCOCCOCC1. The molecule has 0 aromatic carbocycles. The molecule has 0 bridgehead atoms. The van der Waals surface area contributed by atoms with Crippen molar-refractivity contribution in [2.24, 2.45) is 23.7 Å². The van der Waals surface area contributed by atoms with Gasteiger partial charge in [-0.2, -0.15) is 0 Å². The zero-order valence-electron chi connectivity index (χ0n) is 25.2. The van der Waals surface area contributed by atoms with E-state index in [0.29, 0.717) is 91.9 Å². The van der Waals surface area contributed by atoms with Crippen molar-refractivity contribution in [2.45, 2.75) is 40.5 Å². The first kappa shape index (κ1) is 35.7. The minimum absolute atomic E-state index is 0.0650. The molecule has 0 aromatic rings. The van der Waals surface area contributed by atoms with Gasteiger partial charge in [-0.1, -0.05) is 27.7 Å². The fraction of sp³-hybridized carbons (Fsp3) is 0.857. The first-order valence-corrected chi connectivity index (χ1v) is 14.2. The Bertz CT molecular complexity index is 683. The van der Waals surface area contributed by atoms with Crippen LogP contribution in [0.25, 0.3) is 0 Å². The van der Waals surface area contributed by atoms with Crippen molar-refractivity contribution in [2.75, 3.05) is 93.3 Å². The van der Waals surface area contributed by atoms with E-state index in [1.807, 2.05) is 13.8 Å². The van der Waals surface area contributed by atoms with Crippen LogP contribution in [-0.2, 0) is 47.6 Å². The van der Waals surface area contributed by atoms with Gasteiger partial charge in [0.05, 0.1) is 78.9 Å². The molecular formula is C28H50N2O10. The van der Waals surface area contributed by atoms with Gasteiger partial charge in [0.2, 0.25) is 11.8 Å². The molecule has 1 aliphatic rings. The van der Waals surface area contributed by atoms with Crippen LogP contribution in [0.15, 0.2) is 0 Å². The van der Waals surface area contributed by atoms with Crippen molar-refractivity contribution in [1.82, 2.24) is 9.80 Å². The van der Waals surface area contributed by atoms with Gasteiger partial charge in [0.25, 0.3) is 0 Å². The lowest BCUT2D eigenvalue weighted by atomic mass is 9.96. The standard InChI is InChI=1S/C28H50N2O10/c1-21(19-23(3)27(33)35-5)25(31)29-7-11-37-15-17-39-13-9-30(10-14-40-18-16-38-12-8-29)26(32)22(2)20-24(4)28(34)36-6/h21-24H,7-20H2,1-6H3. The molecule has 40 heavy (non-hydrogen) atoms. The molecule has 232 valence electrons. The van der Waals surface area contributed by atoms with E-state index in [9.17, 15) is 19.2 Å². The summed E-state index contributed by atoms with van der Waals surface area (Å²) in [7, 11) is 2.68. The summed E-state index contributed by atoms with van der Waals surface area (Å²) in [6.07, 6.45) is 0.794. The molecule has 12 nitrogen and oxygen atoms in total. The molecule has 12 heteroatoms. The molecule has 0 aromatic heterocycles. The molecule has 0 radical (unpaired) electrons. The second kappa shape index (κ2) is 20.6. The van der Waals surface area contributed by atoms with E-state index < -0.39 is 0 Å². The maximum absolute atomic E-state index is 13.1. The van der Waals surface area contributed by atoms with Gasteiger partial charge < -0.3 is 38.2 Å². The Morgan fingerprint density at radius 2 is 0.800 bits per heavy atom. The highest BCUT2D eigenvalue weighted by molar-refractivity contribution is 5.80. The fourth-order valence-corrected chi connectivity index (χ4v) is 4.49. The summed E-state index contributed by atoms with van der Waals surface area (Å²) < 4.78 is 32.3. The van der Waals surface area contributed by atoms with Gasteiger partial charge in [-0.3, -0.25) is 19.2 Å². The third-order valence-corrected chi connectivity index (χ3v) is 6.85. The third-order valence-electron chi connectivity index (χ3n) is 6.85. The van der Waals surface area contributed by atoms with Crippen LogP contribution in [0.3, 0.4) is 0 Å². The topological polar surface area (TPSA) is 130 Å². The predicted octanol–water partition coefficient (Wildman–Crippen LogP) is 1.39. The van der Waals surface area contributed by atoms with Gasteiger partial charge in [0, 0.05) is 38.0 Å². The molecule has 1 saturated heterocycles. The Morgan fingerprint density at radius 1 is 0.525 bits per heavy atom. The molecular weight excluding hydrogens is 524 g/mol. The molecule has 1 heterocycles. The maximum atomic E-state index is 13.1. The highest BCUT2D eigenvalue weighted by Gasteiger charge is 2.26. The van der Waals surface area contributed by atoms with Crippen molar-refractivity contribution < 1.29 is 47.6 Å². The average Bonchev–Trinajstić information content (AvgIpc) is 2.94. The van der Waals surface area contributed by atoms with Crippen molar-refractivity contribution in [3.63, 3.8) is 0 Å². The quantitative estimate of drug-likeness (QED) is 0.392. The van der Waals surface area contributed by atoms with Crippen LogP contribution in [0, 0.1) is 23.7 Å². The predicted molar refractivity (Wildman–Crippen MR) is 146 cm³/mol. The second-order valence-corrected chi connectivity index (χ2v) is 10.2. The molecule has 0 N–H and O–H groups in total. The number of methoxy groups -OCH3 is 2. The number of amides is 2. The highest BCUT2D eigenvalue weighted by Crippen LogP contribution is 2.17. The van der Waals surface area contributed by atoms with Gasteiger partial charge in [0.1, 0.15) is 0 Å². The molecule has 1 rings (SSSR count). The maximum Gasteiger partial charge on any atom is 0.308 e. The highest BCUT2D eigenvalue weighted by atomic mass is 16.5. The lowest BCUT2D eigenvalue weighted by Crippen LogP contribution is -2.41. The molecule has 4 atom stereocenters. The van der Waals surface area contributed by atoms with Gasteiger partial charge in [0.15, 0.2) is 0 Å². The summed E-state index contributed by atoms with van der Waals surface area (Å²) in [5.41, 5.74) is 0. The van der Waals surface area contributed by atoms with Crippen LogP contribution in [0.4, 0.5) is 0 Å². The Balaban J connectivity index is 2.63. The number of rotatable bonds is 8. The summed E-state index contributed by atoms with van der Waals surface area (Å²) in [5.74, 6) is -2.24. The average molecular weight is 575 g/mol. The Hall–Kier alpha value is -2.28. The van der Waals surface area contributed by atoms with Crippen LogP contribution < -0.4 is 0 Å². The first-order valence-electron chi connectivity index (χ1n) is 14.2. The molecule has 0 aliphatic carbocycles.